The predicted molar refractivity (Wildman–Crippen MR) is 77.8 cm³/mol. The monoisotopic (exact) mass is 248 g/mol. The van der Waals surface area contributed by atoms with E-state index in [0.717, 1.165) is 11.1 Å². The Morgan fingerprint density at radius 1 is 1.00 bits per heavy atom. The summed E-state index contributed by atoms with van der Waals surface area (Å²) < 4.78 is 0. The number of rotatable bonds is 5. The number of carbonyl (C=O) groups is 1. The zero-order valence-corrected chi connectivity index (χ0v) is 10.8. The lowest BCUT2D eigenvalue weighted by molar-refractivity contribution is -0.118. The summed E-state index contributed by atoms with van der Waals surface area (Å²) in [6.45, 7) is 0. The predicted octanol–water partition coefficient (Wildman–Crippen LogP) is 3.61. The third kappa shape index (κ3) is 3.82. The van der Waals surface area contributed by atoms with Crippen LogP contribution in [-0.4, -0.2) is 5.78 Å². The van der Waals surface area contributed by atoms with Crippen molar-refractivity contribution in [3.05, 3.63) is 71.8 Å². The van der Waals surface area contributed by atoms with Crippen molar-refractivity contribution >= 4 is 5.78 Å². The highest BCUT2D eigenvalue weighted by Crippen LogP contribution is 2.19. The lowest BCUT2D eigenvalue weighted by Crippen LogP contribution is -2.08. The van der Waals surface area contributed by atoms with Crippen molar-refractivity contribution in [3.63, 3.8) is 0 Å². The number of Topliss-reactive ketones (excluding diaryl/α,β-unsaturated/α-hetero) is 1. The first kappa shape index (κ1) is 13.1. The van der Waals surface area contributed by atoms with Gasteiger partial charge in [0.2, 0.25) is 0 Å². The summed E-state index contributed by atoms with van der Waals surface area (Å²) in [6, 6.07) is 19.5. The van der Waals surface area contributed by atoms with Crippen molar-refractivity contribution in [3.8, 4) is 12.3 Å². The highest BCUT2D eigenvalue weighted by atomic mass is 16.1. The number of ketones is 1. The maximum absolute atomic E-state index is 12.1. The minimum absolute atomic E-state index is 0.127. The molecule has 0 unspecified atom stereocenters. The molecule has 1 atom stereocenters. The van der Waals surface area contributed by atoms with Crippen LogP contribution in [0.15, 0.2) is 60.7 Å². The molecule has 0 heterocycles. The third-order valence-corrected chi connectivity index (χ3v) is 3.08. The fourth-order valence-corrected chi connectivity index (χ4v) is 2.08. The van der Waals surface area contributed by atoms with Gasteiger partial charge in [-0.15, -0.1) is 6.42 Å². The highest BCUT2D eigenvalue weighted by Gasteiger charge is 2.13. The van der Waals surface area contributed by atoms with Crippen LogP contribution in [-0.2, 0) is 11.2 Å². The van der Waals surface area contributed by atoms with E-state index in [4.69, 9.17) is 6.42 Å². The van der Waals surface area contributed by atoms with E-state index in [0.29, 0.717) is 12.8 Å². The Kier molecular flexibility index (Phi) is 4.53. The smallest absolute Gasteiger partial charge is 0.138 e. The molecule has 0 aliphatic heterocycles. The van der Waals surface area contributed by atoms with Gasteiger partial charge in [-0.1, -0.05) is 66.6 Å². The van der Waals surface area contributed by atoms with Crippen molar-refractivity contribution < 1.29 is 4.79 Å². The first-order valence-electron chi connectivity index (χ1n) is 6.36. The minimum Gasteiger partial charge on any atom is -0.299 e. The summed E-state index contributed by atoms with van der Waals surface area (Å²) in [4.78, 5) is 12.1. The molecule has 0 aliphatic carbocycles. The van der Waals surface area contributed by atoms with Crippen molar-refractivity contribution in [2.24, 2.45) is 0 Å². The molecule has 0 aromatic heterocycles. The summed E-state index contributed by atoms with van der Waals surface area (Å²) in [5.74, 6) is 2.77. The molecule has 1 heteroatoms. The van der Waals surface area contributed by atoms with E-state index in [9.17, 15) is 4.79 Å². The van der Waals surface area contributed by atoms with E-state index in [2.05, 4.69) is 5.92 Å². The average molecular weight is 248 g/mol. The van der Waals surface area contributed by atoms with Gasteiger partial charge in [0, 0.05) is 12.8 Å². The summed E-state index contributed by atoms with van der Waals surface area (Å²) in [5, 5.41) is 0. The van der Waals surface area contributed by atoms with Crippen molar-refractivity contribution in [1.82, 2.24) is 0 Å². The number of carbonyl (C=O) groups excluding carboxylic acids is 1. The van der Waals surface area contributed by atoms with E-state index in [1.807, 2.05) is 60.7 Å². The number of terminal acetylenes is 1. The van der Waals surface area contributed by atoms with Crippen LogP contribution in [0.1, 0.15) is 23.5 Å². The molecule has 0 bridgehead atoms. The van der Waals surface area contributed by atoms with Crippen molar-refractivity contribution in [2.75, 3.05) is 0 Å². The summed E-state index contributed by atoms with van der Waals surface area (Å²) in [5.41, 5.74) is 2.07. The molecule has 0 N–H and O–H groups in total. The maximum atomic E-state index is 12.1. The van der Waals surface area contributed by atoms with Crippen molar-refractivity contribution in [2.45, 2.75) is 18.8 Å². The fourth-order valence-electron chi connectivity index (χ4n) is 2.08. The van der Waals surface area contributed by atoms with Crippen LogP contribution < -0.4 is 0 Å². The molecular formula is C18H16O. The average Bonchev–Trinajstić information content (AvgIpc) is 2.47. The van der Waals surface area contributed by atoms with Gasteiger partial charge in [-0.05, 0) is 11.1 Å². The van der Waals surface area contributed by atoms with Crippen LogP contribution in [0.4, 0.5) is 0 Å². The first-order valence-corrected chi connectivity index (χ1v) is 6.36. The zero-order chi connectivity index (χ0) is 13.5. The third-order valence-electron chi connectivity index (χ3n) is 3.08. The molecule has 0 saturated heterocycles. The minimum atomic E-state index is -0.127. The van der Waals surface area contributed by atoms with Crippen LogP contribution >= 0.6 is 0 Å². The Balaban J connectivity index is 2.00. The van der Waals surface area contributed by atoms with Crippen LogP contribution in [0.25, 0.3) is 0 Å². The van der Waals surface area contributed by atoms with Gasteiger partial charge in [0.15, 0.2) is 0 Å². The van der Waals surface area contributed by atoms with E-state index in [-0.39, 0.29) is 11.7 Å². The van der Waals surface area contributed by atoms with E-state index in [1.165, 1.54) is 0 Å². The molecule has 1 nitrogen and oxygen atoms in total. The molecule has 0 aliphatic rings. The number of benzene rings is 2. The van der Waals surface area contributed by atoms with Gasteiger partial charge >= 0.3 is 0 Å². The Hall–Kier alpha value is -2.33. The van der Waals surface area contributed by atoms with Crippen LogP contribution in [0.2, 0.25) is 0 Å². The maximum Gasteiger partial charge on any atom is 0.138 e. The highest BCUT2D eigenvalue weighted by molar-refractivity contribution is 5.82. The topological polar surface area (TPSA) is 17.1 Å². The second kappa shape index (κ2) is 6.56. The Morgan fingerprint density at radius 2 is 1.58 bits per heavy atom. The molecule has 0 saturated carbocycles. The van der Waals surface area contributed by atoms with E-state index < -0.39 is 0 Å². The van der Waals surface area contributed by atoms with Gasteiger partial charge in [0.05, 0.1) is 5.92 Å². The van der Waals surface area contributed by atoms with Gasteiger partial charge < -0.3 is 0 Å². The Bertz CT molecular complexity index is 564. The van der Waals surface area contributed by atoms with Crippen molar-refractivity contribution in [1.29, 1.82) is 0 Å². The van der Waals surface area contributed by atoms with E-state index in [1.54, 1.807) is 0 Å². The Morgan fingerprint density at radius 3 is 2.16 bits per heavy atom. The second-order valence-corrected chi connectivity index (χ2v) is 4.54. The molecule has 0 spiro atoms. The molecule has 19 heavy (non-hydrogen) atoms. The van der Waals surface area contributed by atoms with Gasteiger partial charge in [0.1, 0.15) is 5.78 Å². The summed E-state index contributed by atoms with van der Waals surface area (Å²) in [7, 11) is 0. The molecule has 0 amide bonds. The van der Waals surface area contributed by atoms with E-state index >= 15 is 0 Å². The molecular weight excluding hydrogens is 232 g/mol. The molecule has 2 rings (SSSR count). The van der Waals surface area contributed by atoms with Gasteiger partial charge in [-0.2, -0.15) is 0 Å². The quantitative estimate of drug-likeness (QED) is 0.739. The Labute approximate surface area is 114 Å². The second-order valence-electron chi connectivity index (χ2n) is 4.54. The first-order chi connectivity index (χ1) is 9.29. The van der Waals surface area contributed by atoms with Gasteiger partial charge in [-0.3, -0.25) is 4.79 Å². The fraction of sp³-hybridized carbons (Fsp3) is 0.167. The van der Waals surface area contributed by atoms with Gasteiger partial charge in [-0.25, -0.2) is 0 Å². The van der Waals surface area contributed by atoms with Crippen LogP contribution in [0.5, 0.6) is 0 Å². The normalized spacial score (nSPS) is 11.5. The SMILES string of the molecule is C#C[C@@H](CC(=O)Cc1ccccc1)c1ccccc1. The van der Waals surface area contributed by atoms with Gasteiger partial charge in [0.25, 0.3) is 0 Å². The lowest BCUT2D eigenvalue weighted by atomic mass is 9.92. The standard InChI is InChI=1S/C18H16O/c1-2-16(17-11-7-4-8-12-17)14-18(19)13-15-9-5-3-6-10-15/h1,3-12,16H,13-14H2/t16-/m0/s1. The molecule has 2 aromatic carbocycles. The molecule has 94 valence electrons. The molecule has 0 radical (unpaired) electrons. The molecule has 2 aromatic rings. The van der Waals surface area contributed by atoms with Crippen LogP contribution in [0, 0.1) is 12.3 Å². The van der Waals surface area contributed by atoms with Crippen LogP contribution in [0.3, 0.4) is 0 Å². The summed E-state index contributed by atoms with van der Waals surface area (Å²) >= 11 is 0. The lowest BCUT2D eigenvalue weighted by Gasteiger charge is -2.10. The molecule has 0 fully saturated rings. The number of hydrogen-bond acceptors (Lipinski definition) is 1. The largest absolute Gasteiger partial charge is 0.299 e. The summed E-state index contributed by atoms with van der Waals surface area (Å²) in [6.07, 6.45) is 6.39. The number of hydrogen-bond donors (Lipinski definition) is 0. The zero-order valence-electron chi connectivity index (χ0n) is 10.8.